The van der Waals surface area contributed by atoms with Gasteiger partial charge in [-0.25, -0.2) is 4.39 Å². The Morgan fingerprint density at radius 2 is 2.07 bits per heavy atom. The molecule has 0 spiro atoms. The molecule has 0 unspecified atom stereocenters. The SMILES string of the molecule is CCNC(=NCC(C)(C)c1ccccc1F)N1CCN(c2cnn(C)c2)C(=O)C1. The molecule has 1 N–H and O–H groups in total. The zero-order valence-electron chi connectivity index (χ0n) is 17.5. The highest BCUT2D eigenvalue weighted by Gasteiger charge is 2.29. The van der Waals surface area contributed by atoms with Crippen molar-refractivity contribution in [2.75, 3.05) is 37.6 Å². The third kappa shape index (κ3) is 4.75. The summed E-state index contributed by atoms with van der Waals surface area (Å²) in [4.78, 5) is 21.1. The molecule has 8 heteroatoms. The number of benzene rings is 1. The van der Waals surface area contributed by atoms with Gasteiger partial charge in [0.25, 0.3) is 0 Å². The Morgan fingerprint density at radius 3 is 2.69 bits per heavy atom. The molecule has 29 heavy (non-hydrogen) atoms. The largest absolute Gasteiger partial charge is 0.357 e. The lowest BCUT2D eigenvalue weighted by Gasteiger charge is -2.36. The van der Waals surface area contributed by atoms with Crippen molar-refractivity contribution in [3.63, 3.8) is 0 Å². The normalized spacial score (nSPS) is 15.8. The van der Waals surface area contributed by atoms with Crippen molar-refractivity contribution >= 4 is 17.6 Å². The Kier molecular flexibility index (Phi) is 6.20. The smallest absolute Gasteiger partial charge is 0.246 e. The van der Waals surface area contributed by atoms with Crippen LogP contribution in [0, 0.1) is 5.82 Å². The molecule has 2 heterocycles. The molecule has 3 rings (SSSR count). The summed E-state index contributed by atoms with van der Waals surface area (Å²) in [5, 5.41) is 7.41. The van der Waals surface area contributed by atoms with Crippen LogP contribution in [0.5, 0.6) is 0 Å². The van der Waals surface area contributed by atoms with Gasteiger partial charge in [-0.1, -0.05) is 32.0 Å². The number of rotatable bonds is 5. The second kappa shape index (κ2) is 8.63. The van der Waals surface area contributed by atoms with Gasteiger partial charge in [-0.2, -0.15) is 5.10 Å². The predicted octanol–water partition coefficient (Wildman–Crippen LogP) is 2.15. The van der Waals surface area contributed by atoms with Gasteiger partial charge in [0.05, 0.1) is 18.4 Å². The number of aliphatic imine (C=N–C) groups is 1. The third-order valence-corrected chi connectivity index (χ3v) is 5.09. The summed E-state index contributed by atoms with van der Waals surface area (Å²) in [5.74, 6) is 0.456. The molecule has 0 radical (unpaired) electrons. The first-order valence-corrected chi connectivity index (χ1v) is 9.89. The van der Waals surface area contributed by atoms with Gasteiger partial charge in [0.2, 0.25) is 5.91 Å². The van der Waals surface area contributed by atoms with Crippen molar-refractivity contribution in [2.24, 2.45) is 12.0 Å². The molecular weight excluding hydrogens is 371 g/mol. The van der Waals surface area contributed by atoms with E-state index in [1.54, 1.807) is 27.9 Å². The molecule has 156 valence electrons. The van der Waals surface area contributed by atoms with Crippen LogP contribution in [-0.4, -0.2) is 59.3 Å². The van der Waals surface area contributed by atoms with Crippen LogP contribution in [-0.2, 0) is 17.3 Å². The number of carbonyl (C=O) groups excluding carboxylic acids is 1. The summed E-state index contributed by atoms with van der Waals surface area (Å²) in [6, 6.07) is 6.80. The first kappa shape index (κ1) is 20.8. The van der Waals surface area contributed by atoms with E-state index in [0.717, 1.165) is 5.69 Å². The highest BCUT2D eigenvalue weighted by molar-refractivity contribution is 5.98. The molecule has 1 aliphatic rings. The lowest BCUT2D eigenvalue weighted by Crippen LogP contribution is -2.55. The van der Waals surface area contributed by atoms with Gasteiger partial charge in [-0.05, 0) is 18.6 Å². The van der Waals surface area contributed by atoms with Crippen LogP contribution in [0.2, 0.25) is 0 Å². The number of nitrogens with zero attached hydrogens (tertiary/aromatic N) is 5. The van der Waals surface area contributed by atoms with Gasteiger partial charge in [0.15, 0.2) is 5.96 Å². The second-order valence-corrected chi connectivity index (χ2v) is 7.87. The quantitative estimate of drug-likeness (QED) is 0.617. The molecule has 0 saturated carbocycles. The number of amides is 1. The number of piperazine rings is 1. The lowest BCUT2D eigenvalue weighted by atomic mass is 9.84. The molecule has 0 bridgehead atoms. The number of hydrogen-bond donors (Lipinski definition) is 1. The van der Waals surface area contributed by atoms with Crippen molar-refractivity contribution in [1.82, 2.24) is 20.0 Å². The molecule has 1 saturated heterocycles. The van der Waals surface area contributed by atoms with E-state index in [1.165, 1.54) is 6.07 Å². The number of guanidine groups is 1. The maximum absolute atomic E-state index is 14.2. The molecule has 1 fully saturated rings. The van der Waals surface area contributed by atoms with Crippen LogP contribution in [0.4, 0.5) is 10.1 Å². The zero-order chi connectivity index (χ0) is 21.0. The van der Waals surface area contributed by atoms with E-state index in [9.17, 15) is 9.18 Å². The van der Waals surface area contributed by atoms with Crippen molar-refractivity contribution in [3.05, 3.63) is 48.0 Å². The zero-order valence-corrected chi connectivity index (χ0v) is 17.5. The molecule has 1 aromatic heterocycles. The van der Waals surface area contributed by atoms with E-state index in [1.807, 2.05) is 45.0 Å². The second-order valence-electron chi connectivity index (χ2n) is 7.87. The Balaban J connectivity index is 1.73. The molecule has 1 aromatic carbocycles. The minimum atomic E-state index is -0.465. The summed E-state index contributed by atoms with van der Waals surface area (Å²) in [6.45, 7) is 8.50. The number of aromatic nitrogens is 2. The number of anilines is 1. The van der Waals surface area contributed by atoms with Gasteiger partial charge < -0.3 is 15.1 Å². The number of hydrogen-bond acceptors (Lipinski definition) is 3. The highest BCUT2D eigenvalue weighted by atomic mass is 19.1. The molecule has 1 amide bonds. The number of halogens is 1. The Labute approximate surface area is 171 Å². The van der Waals surface area contributed by atoms with Crippen LogP contribution in [0.15, 0.2) is 41.7 Å². The number of nitrogens with one attached hydrogen (secondary N) is 1. The fourth-order valence-corrected chi connectivity index (χ4v) is 3.47. The highest BCUT2D eigenvalue weighted by Crippen LogP contribution is 2.26. The van der Waals surface area contributed by atoms with Crippen LogP contribution in [0.1, 0.15) is 26.3 Å². The fraction of sp³-hybridized carbons (Fsp3) is 0.476. The van der Waals surface area contributed by atoms with E-state index in [0.29, 0.717) is 37.7 Å². The van der Waals surface area contributed by atoms with Crippen molar-refractivity contribution in [2.45, 2.75) is 26.2 Å². The Bertz CT molecular complexity index is 891. The predicted molar refractivity (Wildman–Crippen MR) is 113 cm³/mol. The molecule has 0 atom stereocenters. The first-order valence-electron chi connectivity index (χ1n) is 9.89. The van der Waals surface area contributed by atoms with E-state index in [-0.39, 0.29) is 18.3 Å². The van der Waals surface area contributed by atoms with Crippen molar-refractivity contribution < 1.29 is 9.18 Å². The average molecular weight is 401 g/mol. The van der Waals surface area contributed by atoms with E-state index >= 15 is 0 Å². The van der Waals surface area contributed by atoms with Gasteiger partial charge in [0, 0.05) is 38.3 Å². The van der Waals surface area contributed by atoms with Gasteiger partial charge in [-0.15, -0.1) is 0 Å². The maximum atomic E-state index is 14.2. The Hall–Kier alpha value is -2.90. The Morgan fingerprint density at radius 1 is 1.31 bits per heavy atom. The van der Waals surface area contributed by atoms with Crippen LogP contribution in [0.3, 0.4) is 0 Å². The maximum Gasteiger partial charge on any atom is 0.246 e. The third-order valence-electron chi connectivity index (χ3n) is 5.09. The number of aryl methyl sites for hydroxylation is 1. The molecule has 2 aromatic rings. The monoisotopic (exact) mass is 400 g/mol. The van der Waals surface area contributed by atoms with E-state index in [4.69, 9.17) is 4.99 Å². The first-order chi connectivity index (χ1) is 13.8. The molecule has 0 aliphatic carbocycles. The summed E-state index contributed by atoms with van der Waals surface area (Å²) < 4.78 is 15.9. The molecular formula is C21H29FN6O. The van der Waals surface area contributed by atoms with Crippen LogP contribution in [0.25, 0.3) is 0 Å². The van der Waals surface area contributed by atoms with Gasteiger partial charge >= 0.3 is 0 Å². The van der Waals surface area contributed by atoms with Gasteiger partial charge in [-0.3, -0.25) is 14.5 Å². The van der Waals surface area contributed by atoms with Crippen molar-refractivity contribution in [3.8, 4) is 0 Å². The minimum absolute atomic E-state index is 0.00298. The minimum Gasteiger partial charge on any atom is -0.357 e. The van der Waals surface area contributed by atoms with Crippen LogP contribution >= 0.6 is 0 Å². The van der Waals surface area contributed by atoms with E-state index < -0.39 is 5.41 Å². The summed E-state index contributed by atoms with van der Waals surface area (Å²) in [6.07, 6.45) is 3.54. The van der Waals surface area contributed by atoms with Crippen molar-refractivity contribution in [1.29, 1.82) is 0 Å². The lowest BCUT2D eigenvalue weighted by molar-refractivity contribution is -0.120. The average Bonchev–Trinajstić information content (AvgIpc) is 3.11. The van der Waals surface area contributed by atoms with Crippen LogP contribution < -0.4 is 10.2 Å². The summed E-state index contributed by atoms with van der Waals surface area (Å²) in [7, 11) is 1.83. The summed E-state index contributed by atoms with van der Waals surface area (Å²) >= 11 is 0. The van der Waals surface area contributed by atoms with E-state index in [2.05, 4.69) is 10.4 Å². The topological polar surface area (TPSA) is 65.8 Å². The standard InChI is InChI=1S/C21H29FN6O/c1-5-23-20(24-15-21(2,3)17-8-6-7-9-18(17)22)27-10-11-28(19(29)14-27)16-12-25-26(4)13-16/h6-9,12-13H,5,10-11,14-15H2,1-4H3,(H,23,24). The molecule has 7 nitrogen and oxygen atoms in total. The number of carbonyl (C=O) groups is 1. The van der Waals surface area contributed by atoms with Gasteiger partial charge in [0.1, 0.15) is 12.4 Å². The molecule has 1 aliphatic heterocycles. The summed E-state index contributed by atoms with van der Waals surface area (Å²) in [5.41, 5.74) is 0.977. The fourth-order valence-electron chi connectivity index (χ4n) is 3.47.